The van der Waals surface area contributed by atoms with Crippen molar-refractivity contribution < 1.29 is 17.5 Å². The van der Waals surface area contributed by atoms with Crippen molar-refractivity contribution in [2.45, 2.75) is 30.4 Å². The van der Waals surface area contributed by atoms with Gasteiger partial charge in [0, 0.05) is 5.02 Å². The third kappa shape index (κ3) is 6.72. The number of sulfonamides is 1. The molecule has 0 aliphatic rings. The van der Waals surface area contributed by atoms with Gasteiger partial charge in [0.1, 0.15) is 5.78 Å². The lowest BCUT2D eigenvalue weighted by molar-refractivity contribution is 0.293. The van der Waals surface area contributed by atoms with Gasteiger partial charge in [-0.15, -0.1) is 0 Å². The van der Waals surface area contributed by atoms with Crippen LogP contribution in [0.3, 0.4) is 0 Å². The summed E-state index contributed by atoms with van der Waals surface area (Å²) in [6, 6.07) is 36.4. The molecule has 0 saturated heterocycles. The van der Waals surface area contributed by atoms with Gasteiger partial charge in [-0.3, -0.25) is 4.57 Å². The van der Waals surface area contributed by atoms with Gasteiger partial charge in [-0.05, 0) is 58.7 Å². The molecule has 0 bridgehead atoms. The van der Waals surface area contributed by atoms with Crippen LogP contribution in [0, 0.1) is 6.92 Å². The molecule has 5 aromatic carbocycles. The minimum Gasteiger partial charge on any atom is -0.322 e. The third-order valence-electron chi connectivity index (χ3n) is 6.69. The van der Waals surface area contributed by atoms with E-state index >= 15 is 4.57 Å². The Morgan fingerprint density at radius 2 is 1.43 bits per heavy atom. The van der Waals surface area contributed by atoms with Gasteiger partial charge >= 0.3 is 0 Å². The standard InChI is InChI=1S/C32H29ClNO4PS/c1-24-11-19-31(20-12-24)40(36,37)34-32(28-15-17-30(33)18-16-28)39(35,38-22-25-7-3-2-4-8-25)23-26-13-14-27-9-5-6-10-29(27)21-26/h2-21,32,34H,22-23H2,1H3/t32-,39+/m1/s1. The second-order valence-corrected chi connectivity index (χ2v) is 14.4. The van der Waals surface area contributed by atoms with Crippen LogP contribution in [0.2, 0.25) is 5.02 Å². The summed E-state index contributed by atoms with van der Waals surface area (Å²) in [5.74, 6) is -1.16. The Hall–Kier alpha value is -3.25. The van der Waals surface area contributed by atoms with Crippen molar-refractivity contribution in [2.75, 3.05) is 0 Å². The Morgan fingerprint density at radius 1 is 0.775 bits per heavy atom. The number of benzene rings is 5. The second-order valence-electron chi connectivity index (χ2n) is 9.71. The summed E-state index contributed by atoms with van der Waals surface area (Å²) in [7, 11) is -7.85. The summed E-state index contributed by atoms with van der Waals surface area (Å²) in [5.41, 5.74) is 3.04. The van der Waals surface area contributed by atoms with E-state index in [1.165, 1.54) is 12.1 Å². The van der Waals surface area contributed by atoms with Gasteiger partial charge in [0.25, 0.3) is 0 Å². The molecule has 0 saturated carbocycles. The Morgan fingerprint density at radius 3 is 2.12 bits per heavy atom. The number of halogens is 1. The highest BCUT2D eigenvalue weighted by atomic mass is 35.5. The number of fused-ring (bicyclic) bond motifs is 1. The lowest BCUT2D eigenvalue weighted by Gasteiger charge is -2.29. The van der Waals surface area contributed by atoms with E-state index in [1.807, 2.05) is 79.7 Å². The number of hydrogen-bond donors (Lipinski definition) is 1. The van der Waals surface area contributed by atoms with Gasteiger partial charge in [-0.1, -0.05) is 114 Å². The molecular weight excluding hydrogens is 561 g/mol. The van der Waals surface area contributed by atoms with E-state index in [2.05, 4.69) is 4.72 Å². The SMILES string of the molecule is Cc1ccc(S(=O)(=O)N[C@@H](c2ccc(Cl)cc2)[P@](=O)(Cc2ccc3ccccc3c2)OCc2ccccc2)cc1. The molecule has 1 N–H and O–H groups in total. The summed E-state index contributed by atoms with van der Waals surface area (Å²) in [6.07, 6.45) is 0.0222. The summed E-state index contributed by atoms with van der Waals surface area (Å²) in [5, 5.41) is 2.54. The maximum atomic E-state index is 15.1. The smallest absolute Gasteiger partial charge is 0.241 e. The van der Waals surface area contributed by atoms with Crippen LogP contribution in [0.1, 0.15) is 28.0 Å². The summed E-state index contributed by atoms with van der Waals surface area (Å²) in [4.78, 5) is 0.0809. The molecule has 5 rings (SSSR count). The first-order valence-electron chi connectivity index (χ1n) is 12.8. The average molecular weight is 590 g/mol. The molecule has 0 aliphatic heterocycles. The summed E-state index contributed by atoms with van der Waals surface area (Å²) < 4.78 is 51.3. The fourth-order valence-electron chi connectivity index (χ4n) is 4.51. The van der Waals surface area contributed by atoms with Crippen LogP contribution in [0.4, 0.5) is 0 Å². The molecule has 204 valence electrons. The molecule has 5 aromatic rings. The van der Waals surface area contributed by atoms with E-state index in [0.717, 1.165) is 27.5 Å². The van der Waals surface area contributed by atoms with Crippen molar-refractivity contribution >= 4 is 39.8 Å². The predicted octanol–water partition coefficient (Wildman–Crippen LogP) is 8.47. The lowest BCUT2D eigenvalue weighted by Crippen LogP contribution is -2.30. The van der Waals surface area contributed by atoms with Crippen LogP contribution < -0.4 is 4.72 Å². The van der Waals surface area contributed by atoms with Crippen LogP contribution >= 0.6 is 19.0 Å². The fourth-order valence-corrected chi connectivity index (χ4v) is 8.88. The molecular formula is C32H29ClNO4PS. The van der Waals surface area contributed by atoms with Gasteiger partial charge in [0.05, 0.1) is 17.7 Å². The van der Waals surface area contributed by atoms with E-state index in [4.69, 9.17) is 16.1 Å². The number of aryl methyl sites for hydroxylation is 1. The lowest BCUT2D eigenvalue weighted by atomic mass is 10.1. The minimum absolute atomic E-state index is 0.0222. The Kier molecular flexibility index (Phi) is 8.55. The zero-order chi connectivity index (χ0) is 28.2. The molecule has 5 nitrogen and oxygen atoms in total. The molecule has 0 unspecified atom stereocenters. The van der Waals surface area contributed by atoms with Crippen LogP contribution in [0.15, 0.2) is 126 Å². The van der Waals surface area contributed by atoms with Crippen LogP contribution in [0.5, 0.6) is 0 Å². The van der Waals surface area contributed by atoms with E-state index in [9.17, 15) is 8.42 Å². The molecule has 0 aromatic heterocycles. The molecule has 40 heavy (non-hydrogen) atoms. The van der Waals surface area contributed by atoms with Crippen molar-refractivity contribution in [3.8, 4) is 0 Å². The van der Waals surface area contributed by atoms with Gasteiger partial charge < -0.3 is 4.52 Å². The Balaban J connectivity index is 1.59. The number of rotatable bonds is 10. The monoisotopic (exact) mass is 589 g/mol. The first-order chi connectivity index (χ1) is 19.2. The molecule has 0 heterocycles. The molecule has 0 spiro atoms. The number of nitrogens with one attached hydrogen (secondary N) is 1. The van der Waals surface area contributed by atoms with E-state index in [-0.39, 0.29) is 17.7 Å². The quantitative estimate of drug-likeness (QED) is 0.166. The third-order valence-corrected chi connectivity index (χ3v) is 11.1. The summed E-state index contributed by atoms with van der Waals surface area (Å²) >= 11 is 6.16. The Labute approximate surface area is 240 Å². The molecule has 8 heteroatoms. The molecule has 0 fully saturated rings. The molecule has 0 radical (unpaired) electrons. The van der Waals surface area contributed by atoms with Gasteiger partial charge in [-0.2, -0.15) is 4.72 Å². The molecule has 0 aliphatic carbocycles. The minimum atomic E-state index is -4.06. The first kappa shape index (κ1) is 28.3. The van der Waals surface area contributed by atoms with Crippen molar-refractivity contribution in [1.29, 1.82) is 0 Å². The zero-order valence-corrected chi connectivity index (χ0v) is 24.4. The highest BCUT2D eigenvalue weighted by Gasteiger charge is 2.39. The zero-order valence-electron chi connectivity index (χ0n) is 21.9. The fraction of sp³-hybridized carbons (Fsp3) is 0.125. The highest BCUT2D eigenvalue weighted by molar-refractivity contribution is 7.89. The average Bonchev–Trinajstić information content (AvgIpc) is 2.96. The highest BCUT2D eigenvalue weighted by Crippen LogP contribution is 2.62. The van der Waals surface area contributed by atoms with Crippen LogP contribution in [-0.4, -0.2) is 8.42 Å². The van der Waals surface area contributed by atoms with Crippen LogP contribution in [-0.2, 0) is 31.9 Å². The topological polar surface area (TPSA) is 72.5 Å². The normalized spacial score (nSPS) is 14.1. The van der Waals surface area contributed by atoms with Crippen molar-refractivity contribution in [1.82, 2.24) is 4.72 Å². The maximum absolute atomic E-state index is 15.1. The first-order valence-corrected chi connectivity index (χ1v) is 16.6. The van der Waals surface area contributed by atoms with Gasteiger partial charge in [0.2, 0.25) is 17.4 Å². The van der Waals surface area contributed by atoms with Crippen molar-refractivity contribution in [3.63, 3.8) is 0 Å². The van der Waals surface area contributed by atoms with Gasteiger partial charge in [-0.25, -0.2) is 8.42 Å². The predicted molar refractivity (Wildman–Crippen MR) is 162 cm³/mol. The molecule has 2 atom stereocenters. The number of hydrogen-bond acceptors (Lipinski definition) is 4. The van der Waals surface area contributed by atoms with Crippen molar-refractivity contribution in [2.24, 2.45) is 0 Å². The van der Waals surface area contributed by atoms with E-state index < -0.39 is 23.2 Å². The summed E-state index contributed by atoms with van der Waals surface area (Å²) in [6.45, 7) is 1.94. The molecule has 0 amide bonds. The van der Waals surface area contributed by atoms with E-state index in [1.54, 1.807) is 36.4 Å². The van der Waals surface area contributed by atoms with E-state index in [0.29, 0.717) is 10.6 Å². The van der Waals surface area contributed by atoms with Gasteiger partial charge in [0.15, 0.2) is 0 Å². The van der Waals surface area contributed by atoms with Crippen molar-refractivity contribution in [3.05, 3.63) is 149 Å². The maximum Gasteiger partial charge on any atom is 0.241 e. The largest absolute Gasteiger partial charge is 0.322 e. The Bertz CT molecular complexity index is 1760. The van der Waals surface area contributed by atoms with Crippen LogP contribution in [0.25, 0.3) is 10.8 Å². The second kappa shape index (κ2) is 12.1.